The van der Waals surface area contributed by atoms with E-state index >= 15 is 0 Å². The van der Waals surface area contributed by atoms with Crippen molar-refractivity contribution < 1.29 is 19.4 Å². The second kappa shape index (κ2) is 10.1. The van der Waals surface area contributed by atoms with E-state index in [-0.39, 0.29) is 39.2 Å². The molecule has 1 amide bonds. The molecule has 0 saturated carbocycles. The summed E-state index contributed by atoms with van der Waals surface area (Å²) in [5.74, 6) is -1.27. The molecule has 0 radical (unpaired) electrons. The van der Waals surface area contributed by atoms with Crippen molar-refractivity contribution in [1.82, 2.24) is 9.88 Å². The lowest BCUT2D eigenvalue weighted by atomic mass is 9.93. The number of ketones is 1. The van der Waals surface area contributed by atoms with Gasteiger partial charge in [0.25, 0.3) is 11.7 Å². The first-order chi connectivity index (χ1) is 16.7. The minimum atomic E-state index is -0.802. The minimum absolute atomic E-state index is 0.0290. The zero-order valence-electron chi connectivity index (χ0n) is 19.5. The van der Waals surface area contributed by atoms with Crippen LogP contribution in [0, 0.1) is 0 Å². The van der Waals surface area contributed by atoms with Crippen molar-refractivity contribution in [3.8, 4) is 5.75 Å². The van der Waals surface area contributed by atoms with Crippen molar-refractivity contribution in [2.75, 3.05) is 7.11 Å². The Bertz CT molecular complexity index is 1280. The Morgan fingerprint density at radius 2 is 1.66 bits per heavy atom. The SMILES string of the molecule is COc1c(Cl)cc(/C(O)=C2\C(=O)C(=O)N(Cc3ccncc3)C2c2ccc(C(C)C)cc2)cc1Cl. The van der Waals surface area contributed by atoms with E-state index in [4.69, 9.17) is 27.9 Å². The maximum atomic E-state index is 13.3. The van der Waals surface area contributed by atoms with Crippen LogP contribution in [0.2, 0.25) is 10.0 Å². The lowest BCUT2D eigenvalue weighted by molar-refractivity contribution is -0.140. The summed E-state index contributed by atoms with van der Waals surface area (Å²) in [4.78, 5) is 31.9. The number of amides is 1. The van der Waals surface area contributed by atoms with E-state index in [2.05, 4.69) is 18.8 Å². The molecule has 0 aliphatic carbocycles. The third-order valence-corrected chi connectivity index (χ3v) is 6.60. The van der Waals surface area contributed by atoms with Gasteiger partial charge in [-0.05, 0) is 46.9 Å². The number of aromatic nitrogens is 1. The summed E-state index contributed by atoms with van der Waals surface area (Å²) < 4.78 is 5.18. The summed E-state index contributed by atoms with van der Waals surface area (Å²) in [5.41, 5.74) is 2.81. The number of carbonyl (C=O) groups excluding carboxylic acids is 2. The van der Waals surface area contributed by atoms with Crippen LogP contribution in [0.4, 0.5) is 0 Å². The number of benzene rings is 2. The smallest absolute Gasteiger partial charge is 0.295 e. The van der Waals surface area contributed by atoms with E-state index in [1.54, 1.807) is 24.5 Å². The molecular weight excluding hydrogens is 487 g/mol. The predicted octanol–water partition coefficient (Wildman–Crippen LogP) is 6.14. The topological polar surface area (TPSA) is 79.7 Å². The van der Waals surface area contributed by atoms with Gasteiger partial charge in [-0.15, -0.1) is 0 Å². The molecule has 1 N–H and O–H groups in total. The molecule has 8 heteroatoms. The van der Waals surface area contributed by atoms with Gasteiger partial charge in [-0.25, -0.2) is 0 Å². The lowest BCUT2D eigenvalue weighted by Crippen LogP contribution is -2.29. The van der Waals surface area contributed by atoms with Crippen molar-refractivity contribution in [2.45, 2.75) is 32.4 Å². The molecule has 35 heavy (non-hydrogen) atoms. The van der Waals surface area contributed by atoms with Crippen molar-refractivity contribution in [1.29, 1.82) is 0 Å². The summed E-state index contributed by atoms with van der Waals surface area (Å²) in [6.07, 6.45) is 3.25. The summed E-state index contributed by atoms with van der Waals surface area (Å²) >= 11 is 12.6. The number of halogens is 2. The number of carbonyl (C=O) groups is 2. The maximum Gasteiger partial charge on any atom is 0.295 e. The number of nitrogens with zero attached hydrogens (tertiary/aromatic N) is 2. The minimum Gasteiger partial charge on any atom is -0.507 e. The number of aliphatic hydroxyl groups excluding tert-OH is 1. The molecule has 1 unspecified atom stereocenters. The zero-order chi connectivity index (χ0) is 25.3. The molecule has 1 fully saturated rings. The molecule has 1 atom stereocenters. The Balaban J connectivity index is 1.88. The fourth-order valence-electron chi connectivity index (χ4n) is 4.18. The van der Waals surface area contributed by atoms with Gasteiger partial charge in [0.15, 0.2) is 5.75 Å². The quantitative estimate of drug-likeness (QED) is 0.244. The standard InChI is InChI=1S/C27H24Cl2N2O4/c1-15(2)17-4-6-18(7-5-17)23-22(24(32)19-12-20(28)26(35-3)21(29)13-19)25(33)27(34)31(23)14-16-8-10-30-11-9-16/h4-13,15,23,32H,14H2,1-3H3/b24-22+. The van der Waals surface area contributed by atoms with E-state index in [0.717, 1.165) is 11.1 Å². The molecule has 1 aromatic heterocycles. The van der Waals surface area contributed by atoms with E-state index < -0.39 is 17.7 Å². The summed E-state index contributed by atoms with van der Waals surface area (Å²) in [6.45, 7) is 4.34. The van der Waals surface area contributed by atoms with Crippen LogP contribution in [0.5, 0.6) is 5.75 Å². The Morgan fingerprint density at radius 1 is 1.06 bits per heavy atom. The molecular formula is C27H24Cl2N2O4. The van der Waals surface area contributed by atoms with Gasteiger partial charge in [-0.1, -0.05) is 61.3 Å². The van der Waals surface area contributed by atoms with Gasteiger partial charge in [-0.3, -0.25) is 14.6 Å². The van der Waals surface area contributed by atoms with Crippen LogP contribution in [0.25, 0.3) is 5.76 Å². The van der Waals surface area contributed by atoms with Gasteiger partial charge < -0.3 is 14.7 Å². The molecule has 1 aliphatic heterocycles. The Morgan fingerprint density at radius 3 is 2.20 bits per heavy atom. The predicted molar refractivity (Wildman–Crippen MR) is 136 cm³/mol. The average molecular weight is 511 g/mol. The van der Waals surface area contributed by atoms with Crippen LogP contribution in [0.1, 0.15) is 48.1 Å². The third kappa shape index (κ3) is 4.77. The second-order valence-corrected chi connectivity index (χ2v) is 9.39. The highest BCUT2D eigenvalue weighted by Crippen LogP contribution is 2.42. The monoisotopic (exact) mass is 510 g/mol. The van der Waals surface area contributed by atoms with Crippen LogP contribution >= 0.6 is 23.2 Å². The molecule has 6 nitrogen and oxygen atoms in total. The van der Waals surface area contributed by atoms with E-state index in [1.165, 1.54) is 24.1 Å². The zero-order valence-corrected chi connectivity index (χ0v) is 21.0. The number of Topliss-reactive ketones (excluding diaryl/α,β-unsaturated/α-hetero) is 1. The number of aliphatic hydroxyl groups is 1. The van der Waals surface area contributed by atoms with Crippen molar-refractivity contribution >= 4 is 40.7 Å². The molecule has 1 saturated heterocycles. The second-order valence-electron chi connectivity index (χ2n) is 8.58. The summed E-state index contributed by atoms with van der Waals surface area (Å²) in [5, 5.41) is 11.6. The van der Waals surface area contributed by atoms with E-state index in [9.17, 15) is 14.7 Å². The molecule has 1 aliphatic rings. The van der Waals surface area contributed by atoms with Gasteiger partial charge in [0, 0.05) is 24.5 Å². The third-order valence-electron chi connectivity index (χ3n) is 6.04. The van der Waals surface area contributed by atoms with Crippen LogP contribution in [0.3, 0.4) is 0 Å². The molecule has 0 bridgehead atoms. The normalized spacial score (nSPS) is 17.3. The fourth-order valence-corrected chi connectivity index (χ4v) is 4.83. The van der Waals surface area contributed by atoms with Gasteiger partial charge in [-0.2, -0.15) is 0 Å². The van der Waals surface area contributed by atoms with E-state index in [0.29, 0.717) is 11.5 Å². The van der Waals surface area contributed by atoms with Crippen LogP contribution < -0.4 is 4.74 Å². The highest BCUT2D eigenvalue weighted by molar-refractivity contribution is 6.46. The number of pyridine rings is 1. The number of rotatable bonds is 6. The highest BCUT2D eigenvalue weighted by atomic mass is 35.5. The van der Waals surface area contributed by atoms with Gasteiger partial charge in [0.1, 0.15) is 5.76 Å². The summed E-state index contributed by atoms with van der Waals surface area (Å²) in [6, 6.07) is 13.4. The molecule has 0 spiro atoms. The fraction of sp³-hybridized carbons (Fsp3) is 0.222. The molecule has 4 rings (SSSR count). The molecule has 3 aromatic rings. The highest BCUT2D eigenvalue weighted by Gasteiger charge is 2.46. The van der Waals surface area contributed by atoms with Gasteiger partial charge >= 0.3 is 0 Å². The first kappa shape index (κ1) is 24.8. The Hall–Kier alpha value is -3.35. The first-order valence-electron chi connectivity index (χ1n) is 11.0. The number of hydrogen-bond acceptors (Lipinski definition) is 5. The molecule has 2 heterocycles. The van der Waals surface area contributed by atoms with Gasteiger partial charge in [0.05, 0.1) is 28.8 Å². The number of likely N-dealkylation sites (tertiary alicyclic amines) is 1. The van der Waals surface area contributed by atoms with Crippen LogP contribution in [-0.2, 0) is 16.1 Å². The van der Waals surface area contributed by atoms with E-state index in [1.807, 2.05) is 24.3 Å². The number of hydrogen-bond donors (Lipinski definition) is 1. The largest absolute Gasteiger partial charge is 0.507 e. The van der Waals surface area contributed by atoms with Crippen LogP contribution in [0.15, 0.2) is 66.5 Å². The molecule has 2 aromatic carbocycles. The van der Waals surface area contributed by atoms with Crippen molar-refractivity contribution in [2.24, 2.45) is 0 Å². The lowest BCUT2D eigenvalue weighted by Gasteiger charge is -2.26. The Labute approximate surface area is 213 Å². The Kier molecular flexibility index (Phi) is 7.15. The molecule has 180 valence electrons. The first-order valence-corrected chi connectivity index (χ1v) is 11.8. The maximum absolute atomic E-state index is 13.3. The summed E-state index contributed by atoms with van der Waals surface area (Å²) in [7, 11) is 1.43. The van der Waals surface area contributed by atoms with Crippen molar-refractivity contribution in [3.63, 3.8) is 0 Å². The number of ether oxygens (including phenoxy) is 1. The average Bonchev–Trinajstić information content (AvgIpc) is 3.09. The number of methoxy groups -OCH3 is 1. The van der Waals surface area contributed by atoms with Crippen molar-refractivity contribution in [3.05, 3.63) is 98.8 Å². The van der Waals surface area contributed by atoms with Crippen LogP contribution in [-0.4, -0.2) is 33.8 Å². The van der Waals surface area contributed by atoms with Gasteiger partial charge in [0.2, 0.25) is 0 Å².